The Bertz CT molecular complexity index is 279. The molecular formula is C4H7NO6S. The summed E-state index contributed by atoms with van der Waals surface area (Å²) in [6.07, 6.45) is 0. The zero-order valence-corrected chi connectivity index (χ0v) is 7.16. The van der Waals surface area contributed by atoms with Crippen LogP contribution in [0, 0.1) is 0 Å². The van der Waals surface area contributed by atoms with Crippen molar-refractivity contribution < 1.29 is 26.8 Å². The molecule has 1 N–H and O–H groups in total. The third-order valence-electron chi connectivity index (χ3n) is 0.741. The minimum absolute atomic E-state index is 0.0741. The number of hydroxylamine groups is 2. The Labute approximate surface area is 68.8 Å². The van der Waals surface area contributed by atoms with Crippen LogP contribution in [-0.2, 0) is 24.3 Å². The van der Waals surface area contributed by atoms with Gasteiger partial charge in [-0.05, 0) is 0 Å². The van der Waals surface area contributed by atoms with Gasteiger partial charge in [-0.15, -0.1) is 9.35 Å². The van der Waals surface area contributed by atoms with E-state index in [9.17, 15) is 18.0 Å². The van der Waals surface area contributed by atoms with Crippen LogP contribution in [0.25, 0.3) is 0 Å². The highest BCUT2D eigenvalue weighted by atomic mass is 32.3. The van der Waals surface area contributed by atoms with Crippen molar-refractivity contribution in [2.24, 2.45) is 0 Å². The van der Waals surface area contributed by atoms with Crippen LogP contribution in [0.2, 0.25) is 0 Å². The Kier molecular flexibility index (Phi) is 3.31. The van der Waals surface area contributed by atoms with Crippen molar-refractivity contribution in [2.45, 2.75) is 13.8 Å². The first-order chi connectivity index (χ1) is 5.24. The van der Waals surface area contributed by atoms with Crippen LogP contribution >= 0.6 is 0 Å². The molecule has 0 aliphatic carbocycles. The maximum Gasteiger partial charge on any atom is 0.419 e. The third kappa shape index (κ3) is 4.01. The number of amides is 2. The molecule has 0 fully saturated rings. The molecule has 70 valence electrons. The molecular weight excluding hydrogens is 190 g/mol. The highest BCUT2D eigenvalue weighted by Gasteiger charge is 2.21. The summed E-state index contributed by atoms with van der Waals surface area (Å²) < 4.78 is 31.8. The number of hydrogen-bond acceptors (Lipinski definition) is 5. The van der Waals surface area contributed by atoms with Crippen LogP contribution in [0.5, 0.6) is 0 Å². The van der Waals surface area contributed by atoms with E-state index in [1.165, 1.54) is 0 Å². The molecule has 12 heavy (non-hydrogen) atoms. The highest BCUT2D eigenvalue weighted by molar-refractivity contribution is 7.80. The van der Waals surface area contributed by atoms with E-state index in [-0.39, 0.29) is 5.06 Å². The second-order valence-electron chi connectivity index (χ2n) is 1.83. The molecule has 0 radical (unpaired) electrons. The topological polar surface area (TPSA) is 101 Å². The Morgan fingerprint density at radius 1 is 1.25 bits per heavy atom. The number of hydrogen-bond donors (Lipinski definition) is 1. The largest absolute Gasteiger partial charge is 0.419 e. The van der Waals surface area contributed by atoms with Crippen molar-refractivity contribution >= 4 is 22.2 Å². The average molecular weight is 197 g/mol. The van der Waals surface area contributed by atoms with E-state index in [1.807, 2.05) is 0 Å². The molecule has 0 aromatic heterocycles. The first kappa shape index (κ1) is 11.0. The molecule has 0 aliphatic rings. The van der Waals surface area contributed by atoms with Crippen molar-refractivity contribution in [3.8, 4) is 0 Å². The Morgan fingerprint density at radius 3 is 1.67 bits per heavy atom. The van der Waals surface area contributed by atoms with Crippen molar-refractivity contribution in [3.05, 3.63) is 0 Å². The number of carbonyl (C=O) groups is 2. The number of imide groups is 1. The molecule has 0 bridgehead atoms. The Balaban J connectivity index is 4.58. The smallest absolute Gasteiger partial charge is 0.272 e. The minimum Gasteiger partial charge on any atom is -0.272 e. The van der Waals surface area contributed by atoms with E-state index in [4.69, 9.17) is 4.55 Å². The Morgan fingerprint density at radius 2 is 1.58 bits per heavy atom. The SMILES string of the molecule is CC(=O)N(OS(=O)(=O)O)C(C)=O. The van der Waals surface area contributed by atoms with Crippen molar-refractivity contribution in [3.63, 3.8) is 0 Å². The predicted molar refractivity (Wildman–Crippen MR) is 35.8 cm³/mol. The summed E-state index contributed by atoms with van der Waals surface area (Å²) in [5.74, 6) is -1.89. The standard InChI is InChI=1S/C4H7NO6S/c1-3(6)5(4(2)7)11-12(8,9)10/h1-2H3,(H,8,9,10). The van der Waals surface area contributed by atoms with Gasteiger partial charge >= 0.3 is 10.4 Å². The average Bonchev–Trinajstić information content (AvgIpc) is 1.79. The van der Waals surface area contributed by atoms with E-state index >= 15 is 0 Å². The monoisotopic (exact) mass is 197 g/mol. The van der Waals surface area contributed by atoms with Crippen LogP contribution in [0.1, 0.15) is 13.8 Å². The van der Waals surface area contributed by atoms with E-state index in [2.05, 4.69) is 4.28 Å². The summed E-state index contributed by atoms with van der Waals surface area (Å²) in [5.41, 5.74) is 0. The van der Waals surface area contributed by atoms with E-state index < -0.39 is 22.2 Å². The lowest BCUT2D eigenvalue weighted by Gasteiger charge is -2.12. The highest BCUT2D eigenvalue weighted by Crippen LogP contribution is 1.97. The summed E-state index contributed by atoms with van der Waals surface area (Å²) in [6, 6.07) is 0. The van der Waals surface area contributed by atoms with Gasteiger partial charge in [-0.3, -0.25) is 14.1 Å². The molecule has 0 unspecified atom stereocenters. The van der Waals surface area contributed by atoms with Gasteiger partial charge < -0.3 is 0 Å². The summed E-state index contributed by atoms with van der Waals surface area (Å²) in [5, 5.41) is -0.0741. The number of carbonyl (C=O) groups excluding carboxylic acids is 2. The van der Waals surface area contributed by atoms with Crippen LogP contribution in [0.3, 0.4) is 0 Å². The molecule has 0 atom stereocenters. The lowest BCUT2D eigenvalue weighted by atomic mass is 10.6. The number of rotatable bonds is 2. The van der Waals surface area contributed by atoms with Gasteiger partial charge in [-0.1, -0.05) is 0 Å². The van der Waals surface area contributed by atoms with E-state index in [0.717, 1.165) is 13.8 Å². The van der Waals surface area contributed by atoms with Gasteiger partial charge in [0.25, 0.3) is 11.8 Å². The second kappa shape index (κ2) is 3.61. The molecule has 0 spiro atoms. The normalized spacial score (nSPS) is 10.9. The van der Waals surface area contributed by atoms with E-state index in [0.29, 0.717) is 0 Å². The second-order valence-corrected chi connectivity index (χ2v) is 2.84. The number of nitrogens with zero attached hydrogens (tertiary/aromatic N) is 1. The summed E-state index contributed by atoms with van der Waals surface area (Å²) >= 11 is 0. The molecule has 0 heterocycles. The van der Waals surface area contributed by atoms with E-state index in [1.54, 1.807) is 0 Å². The molecule has 0 aromatic rings. The van der Waals surface area contributed by atoms with Gasteiger partial charge in [0.15, 0.2) is 0 Å². The maximum atomic E-state index is 10.5. The zero-order chi connectivity index (χ0) is 9.94. The molecule has 0 saturated heterocycles. The van der Waals surface area contributed by atoms with Gasteiger partial charge in [0.2, 0.25) is 0 Å². The van der Waals surface area contributed by atoms with Gasteiger partial charge in [-0.2, -0.15) is 8.42 Å². The fourth-order valence-electron chi connectivity index (χ4n) is 0.421. The fraction of sp³-hybridized carbons (Fsp3) is 0.500. The zero-order valence-electron chi connectivity index (χ0n) is 6.34. The molecule has 0 saturated carbocycles. The molecule has 0 aliphatic heterocycles. The first-order valence-electron chi connectivity index (χ1n) is 2.72. The van der Waals surface area contributed by atoms with Crippen LogP contribution in [0.4, 0.5) is 0 Å². The summed E-state index contributed by atoms with van der Waals surface area (Å²) in [4.78, 5) is 20.9. The van der Waals surface area contributed by atoms with Crippen molar-refractivity contribution in [1.82, 2.24) is 5.06 Å². The predicted octanol–water partition coefficient (Wildman–Crippen LogP) is -0.884. The third-order valence-corrected chi connectivity index (χ3v) is 1.08. The van der Waals surface area contributed by atoms with Crippen LogP contribution in [0.15, 0.2) is 0 Å². The Hall–Kier alpha value is -0.990. The summed E-state index contributed by atoms with van der Waals surface area (Å²) in [6.45, 7) is 1.82. The quantitative estimate of drug-likeness (QED) is 0.455. The maximum absolute atomic E-state index is 10.5. The van der Waals surface area contributed by atoms with Gasteiger partial charge in [0, 0.05) is 13.8 Å². The van der Waals surface area contributed by atoms with Gasteiger partial charge in [0.05, 0.1) is 0 Å². The first-order valence-corrected chi connectivity index (χ1v) is 4.09. The molecule has 7 nitrogen and oxygen atoms in total. The molecule has 2 amide bonds. The molecule has 8 heteroatoms. The minimum atomic E-state index is -4.83. The van der Waals surface area contributed by atoms with Crippen molar-refractivity contribution in [2.75, 3.05) is 0 Å². The van der Waals surface area contributed by atoms with Gasteiger partial charge in [0.1, 0.15) is 0 Å². The lowest BCUT2D eigenvalue weighted by Crippen LogP contribution is -2.35. The summed E-state index contributed by atoms with van der Waals surface area (Å²) in [7, 11) is -4.83. The lowest BCUT2D eigenvalue weighted by molar-refractivity contribution is -0.169. The molecule has 0 aromatic carbocycles. The van der Waals surface area contributed by atoms with Crippen LogP contribution < -0.4 is 0 Å². The fourth-order valence-corrected chi connectivity index (χ4v) is 0.819. The van der Waals surface area contributed by atoms with Crippen LogP contribution in [-0.4, -0.2) is 29.8 Å². The van der Waals surface area contributed by atoms with Crippen molar-refractivity contribution in [1.29, 1.82) is 0 Å². The van der Waals surface area contributed by atoms with Gasteiger partial charge in [-0.25, -0.2) is 0 Å². The molecule has 0 rings (SSSR count).